The maximum absolute atomic E-state index is 12.8. The molecule has 23 heavy (non-hydrogen) atoms. The molecular formula is C18H20BrN3O. The van der Waals surface area contributed by atoms with Gasteiger partial charge in [-0.15, -0.1) is 0 Å². The Bertz CT molecular complexity index is 698. The van der Waals surface area contributed by atoms with E-state index in [1.807, 2.05) is 12.1 Å². The molecule has 120 valence electrons. The first-order chi connectivity index (χ1) is 11.2. The maximum Gasteiger partial charge on any atom is 0.252 e. The fourth-order valence-electron chi connectivity index (χ4n) is 3.65. The number of benzene rings is 1. The number of carbonyl (C=O) groups excluding carboxylic acids is 1. The van der Waals surface area contributed by atoms with Crippen LogP contribution in [0.1, 0.15) is 43.7 Å². The molecule has 0 fully saturated rings. The molecule has 1 aromatic rings. The Hall–Kier alpha value is -1.62. The lowest BCUT2D eigenvalue weighted by Gasteiger charge is -2.29. The van der Waals surface area contributed by atoms with Gasteiger partial charge in [0.2, 0.25) is 0 Å². The van der Waals surface area contributed by atoms with E-state index in [9.17, 15) is 4.79 Å². The third-order valence-corrected chi connectivity index (χ3v) is 5.43. The van der Waals surface area contributed by atoms with Gasteiger partial charge in [-0.1, -0.05) is 27.6 Å². The topological polar surface area (TPSA) is 44.7 Å². The molecule has 0 spiro atoms. The lowest BCUT2D eigenvalue weighted by atomic mass is 9.97. The van der Waals surface area contributed by atoms with Crippen molar-refractivity contribution in [2.75, 3.05) is 11.9 Å². The molecule has 0 saturated heterocycles. The molecule has 1 aromatic carbocycles. The van der Waals surface area contributed by atoms with Gasteiger partial charge in [-0.25, -0.2) is 0 Å². The number of hydrogen-bond donors (Lipinski definition) is 1. The number of fused-ring (bicyclic) bond motifs is 3. The molecule has 0 aromatic heterocycles. The first-order valence-corrected chi connectivity index (χ1v) is 9.09. The SMILES string of the molecule is O=C1C2Nc3ccc(Br)cc3C2N=CN1CCC1=CCCCC1. The van der Waals surface area contributed by atoms with Crippen molar-refractivity contribution in [3.63, 3.8) is 0 Å². The second kappa shape index (κ2) is 6.11. The van der Waals surface area contributed by atoms with Gasteiger partial charge in [-0.2, -0.15) is 0 Å². The number of rotatable bonds is 3. The Morgan fingerprint density at radius 1 is 1.35 bits per heavy atom. The standard InChI is InChI=1S/C18H20BrN3O/c19-13-6-7-15-14(10-13)16-17(21-15)18(23)22(11-20-16)9-8-12-4-2-1-3-5-12/h4,6-7,10-11,16-17,21H,1-3,5,8-9H2. The number of halogens is 1. The molecule has 1 amide bonds. The first-order valence-electron chi connectivity index (χ1n) is 8.30. The van der Waals surface area contributed by atoms with Crippen LogP contribution in [0, 0.1) is 0 Å². The molecule has 0 saturated carbocycles. The van der Waals surface area contributed by atoms with Crippen molar-refractivity contribution in [3.05, 3.63) is 39.9 Å². The second-order valence-corrected chi connectivity index (χ2v) is 7.37. The minimum Gasteiger partial charge on any atom is -0.371 e. The summed E-state index contributed by atoms with van der Waals surface area (Å²) >= 11 is 3.50. The monoisotopic (exact) mass is 373 g/mol. The van der Waals surface area contributed by atoms with Gasteiger partial charge in [0.25, 0.3) is 5.91 Å². The lowest BCUT2D eigenvalue weighted by Crippen LogP contribution is -2.46. The number of nitrogens with zero attached hydrogens (tertiary/aromatic N) is 2. The van der Waals surface area contributed by atoms with E-state index in [4.69, 9.17) is 0 Å². The normalized spacial score (nSPS) is 25.7. The molecule has 1 N–H and O–H groups in total. The number of aliphatic imine (C=N–C) groups is 1. The van der Waals surface area contributed by atoms with Crippen LogP contribution in [0.4, 0.5) is 5.69 Å². The van der Waals surface area contributed by atoms with E-state index >= 15 is 0 Å². The van der Waals surface area contributed by atoms with E-state index in [-0.39, 0.29) is 18.0 Å². The largest absolute Gasteiger partial charge is 0.371 e. The van der Waals surface area contributed by atoms with Crippen LogP contribution < -0.4 is 5.32 Å². The van der Waals surface area contributed by atoms with Gasteiger partial charge in [0.05, 0.1) is 6.34 Å². The second-order valence-electron chi connectivity index (χ2n) is 6.45. The van der Waals surface area contributed by atoms with E-state index in [1.54, 1.807) is 11.2 Å². The summed E-state index contributed by atoms with van der Waals surface area (Å²) in [4.78, 5) is 19.2. The molecule has 2 aliphatic heterocycles. The van der Waals surface area contributed by atoms with Crippen molar-refractivity contribution < 1.29 is 4.79 Å². The summed E-state index contributed by atoms with van der Waals surface area (Å²) in [6, 6.07) is 5.70. The van der Waals surface area contributed by atoms with Gasteiger partial charge in [-0.3, -0.25) is 9.79 Å². The Morgan fingerprint density at radius 2 is 2.26 bits per heavy atom. The van der Waals surface area contributed by atoms with Crippen molar-refractivity contribution >= 4 is 33.9 Å². The third-order valence-electron chi connectivity index (χ3n) is 4.93. The number of nitrogens with one attached hydrogen (secondary N) is 1. The average molecular weight is 374 g/mol. The Kier molecular flexibility index (Phi) is 3.97. The van der Waals surface area contributed by atoms with E-state index < -0.39 is 0 Å². The summed E-state index contributed by atoms with van der Waals surface area (Å²) in [5.74, 6) is 0.133. The number of carbonyl (C=O) groups is 1. The predicted molar refractivity (Wildman–Crippen MR) is 95.7 cm³/mol. The summed E-state index contributed by atoms with van der Waals surface area (Å²) in [6.45, 7) is 0.735. The molecule has 2 heterocycles. The van der Waals surface area contributed by atoms with E-state index in [2.05, 4.69) is 38.4 Å². The molecule has 4 rings (SSSR count). The summed E-state index contributed by atoms with van der Waals surface area (Å²) in [7, 11) is 0. The highest BCUT2D eigenvalue weighted by Gasteiger charge is 2.41. The van der Waals surface area contributed by atoms with Crippen molar-refractivity contribution in [1.82, 2.24) is 4.90 Å². The highest BCUT2D eigenvalue weighted by Crippen LogP contribution is 2.40. The highest BCUT2D eigenvalue weighted by atomic mass is 79.9. The fraction of sp³-hybridized carbons (Fsp3) is 0.444. The van der Waals surface area contributed by atoms with Crippen LogP contribution >= 0.6 is 15.9 Å². The highest BCUT2D eigenvalue weighted by molar-refractivity contribution is 9.10. The third kappa shape index (κ3) is 2.82. The van der Waals surface area contributed by atoms with Crippen molar-refractivity contribution in [1.29, 1.82) is 0 Å². The molecule has 4 nitrogen and oxygen atoms in total. The van der Waals surface area contributed by atoms with Crippen LogP contribution in [-0.4, -0.2) is 29.7 Å². The molecule has 1 aliphatic carbocycles. The van der Waals surface area contributed by atoms with Crippen molar-refractivity contribution in [2.24, 2.45) is 4.99 Å². The number of hydrogen-bond acceptors (Lipinski definition) is 3. The molecule has 0 bridgehead atoms. The van der Waals surface area contributed by atoms with Crippen LogP contribution in [-0.2, 0) is 4.79 Å². The molecule has 2 unspecified atom stereocenters. The Morgan fingerprint density at radius 3 is 3.09 bits per heavy atom. The summed E-state index contributed by atoms with van der Waals surface area (Å²) in [5.41, 5.74) is 3.61. The minimum atomic E-state index is -0.260. The van der Waals surface area contributed by atoms with Gasteiger partial charge in [0.1, 0.15) is 12.1 Å². The average Bonchev–Trinajstić information content (AvgIpc) is 2.94. The van der Waals surface area contributed by atoms with E-state index in [0.29, 0.717) is 0 Å². The molecule has 0 radical (unpaired) electrons. The van der Waals surface area contributed by atoms with Gasteiger partial charge in [-0.05, 0) is 50.3 Å². The fourth-order valence-corrected chi connectivity index (χ4v) is 4.03. The molecular weight excluding hydrogens is 354 g/mol. The zero-order valence-corrected chi connectivity index (χ0v) is 14.6. The van der Waals surface area contributed by atoms with Crippen LogP contribution in [0.25, 0.3) is 0 Å². The van der Waals surface area contributed by atoms with Crippen LogP contribution in [0.2, 0.25) is 0 Å². The van der Waals surface area contributed by atoms with Crippen molar-refractivity contribution in [2.45, 2.75) is 44.2 Å². The zero-order chi connectivity index (χ0) is 15.8. The lowest BCUT2D eigenvalue weighted by molar-refractivity contribution is -0.128. The first kappa shape index (κ1) is 14.9. The Balaban J connectivity index is 1.48. The van der Waals surface area contributed by atoms with E-state index in [1.165, 1.54) is 31.3 Å². The number of allylic oxidation sites excluding steroid dienone is 1. The maximum atomic E-state index is 12.8. The van der Waals surface area contributed by atoms with Gasteiger partial charge >= 0.3 is 0 Å². The molecule has 3 aliphatic rings. The number of anilines is 1. The number of amides is 1. The predicted octanol–water partition coefficient (Wildman–Crippen LogP) is 4.05. The van der Waals surface area contributed by atoms with Gasteiger partial charge < -0.3 is 10.2 Å². The van der Waals surface area contributed by atoms with Crippen molar-refractivity contribution in [3.8, 4) is 0 Å². The smallest absolute Gasteiger partial charge is 0.252 e. The zero-order valence-electron chi connectivity index (χ0n) is 13.0. The summed E-state index contributed by atoms with van der Waals surface area (Å²) in [5, 5.41) is 3.34. The summed E-state index contributed by atoms with van der Waals surface area (Å²) in [6.07, 6.45) is 10.0. The van der Waals surface area contributed by atoms with Crippen LogP contribution in [0.15, 0.2) is 39.3 Å². The van der Waals surface area contributed by atoms with Gasteiger partial charge in [0.15, 0.2) is 0 Å². The summed E-state index contributed by atoms with van der Waals surface area (Å²) < 4.78 is 1.02. The quantitative estimate of drug-likeness (QED) is 0.812. The molecule has 5 heteroatoms. The molecule has 2 atom stereocenters. The van der Waals surface area contributed by atoms with Gasteiger partial charge in [0, 0.05) is 22.3 Å². The Labute approximate surface area is 144 Å². The minimum absolute atomic E-state index is 0.0971. The van der Waals surface area contributed by atoms with Crippen LogP contribution in [0.3, 0.4) is 0 Å². The van der Waals surface area contributed by atoms with E-state index in [0.717, 1.165) is 28.7 Å². The van der Waals surface area contributed by atoms with Crippen LogP contribution in [0.5, 0.6) is 0 Å².